The Kier molecular flexibility index (Phi) is 5.99. The van der Waals surface area contributed by atoms with Crippen molar-refractivity contribution >= 4 is 11.9 Å². The van der Waals surface area contributed by atoms with E-state index in [1.807, 2.05) is 12.1 Å². The van der Waals surface area contributed by atoms with E-state index in [1.54, 1.807) is 30.1 Å². The normalized spacial score (nSPS) is 16.0. The molecule has 1 atom stereocenters. The highest BCUT2D eigenvalue weighted by Crippen LogP contribution is 2.17. The molecule has 7 heteroatoms. The fourth-order valence-corrected chi connectivity index (χ4v) is 3.10. The Bertz CT molecular complexity index is 722. The summed E-state index contributed by atoms with van der Waals surface area (Å²) in [5, 5.41) is 7.02. The highest BCUT2D eigenvalue weighted by molar-refractivity contribution is 5.92. The molecule has 2 aromatic rings. The van der Waals surface area contributed by atoms with Crippen molar-refractivity contribution in [2.75, 3.05) is 0 Å². The third kappa shape index (κ3) is 4.91. The van der Waals surface area contributed by atoms with Crippen molar-refractivity contribution in [3.05, 3.63) is 48.0 Å². The molecule has 0 saturated heterocycles. The number of hydrogen-bond donors (Lipinski definition) is 1. The Balaban J connectivity index is 1.50. The van der Waals surface area contributed by atoms with Crippen molar-refractivity contribution in [2.24, 2.45) is 0 Å². The number of rotatable bonds is 6. The number of hydrogen-bond acceptors (Lipinski definition) is 5. The van der Waals surface area contributed by atoms with Gasteiger partial charge in [0, 0.05) is 6.04 Å². The second-order valence-corrected chi connectivity index (χ2v) is 6.68. The molecule has 3 rings (SSSR count). The number of carbonyl (C=O) groups is 2. The van der Waals surface area contributed by atoms with E-state index in [-0.39, 0.29) is 11.9 Å². The maximum atomic E-state index is 12.3. The summed E-state index contributed by atoms with van der Waals surface area (Å²) in [6.45, 7) is 2.19. The minimum absolute atomic E-state index is 0.202. The number of amides is 1. The second kappa shape index (κ2) is 8.60. The average molecular weight is 356 g/mol. The lowest BCUT2D eigenvalue weighted by atomic mass is 9.95. The van der Waals surface area contributed by atoms with Crippen molar-refractivity contribution < 1.29 is 14.3 Å². The summed E-state index contributed by atoms with van der Waals surface area (Å²) in [5.74, 6) is -0.725. The minimum atomic E-state index is -0.806. The summed E-state index contributed by atoms with van der Waals surface area (Å²) >= 11 is 0. The van der Waals surface area contributed by atoms with Gasteiger partial charge in [0.05, 0.1) is 12.1 Å². The SMILES string of the molecule is C[C@H](OC(=O)c1ccc(Cn2cncn2)cc1)C(=O)NC1CCCCC1. The van der Waals surface area contributed by atoms with E-state index < -0.39 is 12.1 Å². The lowest BCUT2D eigenvalue weighted by molar-refractivity contribution is -0.130. The number of carbonyl (C=O) groups excluding carboxylic acids is 2. The molecule has 1 aromatic carbocycles. The first-order valence-corrected chi connectivity index (χ1v) is 9.04. The van der Waals surface area contributed by atoms with Gasteiger partial charge >= 0.3 is 5.97 Å². The molecular formula is C19H24N4O3. The molecule has 1 aliphatic rings. The van der Waals surface area contributed by atoms with Crippen LogP contribution in [-0.4, -0.2) is 38.8 Å². The van der Waals surface area contributed by atoms with E-state index >= 15 is 0 Å². The van der Waals surface area contributed by atoms with Crippen LogP contribution in [0, 0.1) is 0 Å². The van der Waals surface area contributed by atoms with E-state index in [0.717, 1.165) is 31.2 Å². The minimum Gasteiger partial charge on any atom is -0.449 e. The summed E-state index contributed by atoms with van der Waals surface area (Å²) in [6.07, 6.45) is 7.81. The summed E-state index contributed by atoms with van der Waals surface area (Å²) in [6, 6.07) is 7.27. The van der Waals surface area contributed by atoms with Gasteiger partial charge in [-0.05, 0) is 37.5 Å². The van der Waals surface area contributed by atoms with Gasteiger partial charge in [-0.1, -0.05) is 31.4 Å². The van der Waals surface area contributed by atoms with Crippen LogP contribution in [0.5, 0.6) is 0 Å². The molecule has 1 aromatic heterocycles. The highest BCUT2D eigenvalue weighted by Gasteiger charge is 2.22. The molecule has 0 aliphatic heterocycles. The molecule has 1 amide bonds. The van der Waals surface area contributed by atoms with Gasteiger partial charge in [-0.3, -0.25) is 4.79 Å². The topological polar surface area (TPSA) is 86.1 Å². The van der Waals surface area contributed by atoms with Crippen molar-refractivity contribution in [1.82, 2.24) is 20.1 Å². The molecule has 0 radical (unpaired) electrons. The monoisotopic (exact) mass is 356 g/mol. The average Bonchev–Trinajstić information content (AvgIpc) is 3.16. The van der Waals surface area contributed by atoms with Gasteiger partial charge in [-0.2, -0.15) is 5.10 Å². The van der Waals surface area contributed by atoms with Gasteiger partial charge in [-0.25, -0.2) is 14.5 Å². The van der Waals surface area contributed by atoms with Crippen molar-refractivity contribution in [1.29, 1.82) is 0 Å². The standard InChI is InChI=1S/C19H24N4O3/c1-14(18(24)22-17-5-3-2-4-6-17)26-19(25)16-9-7-15(8-10-16)11-23-13-20-12-21-23/h7-10,12-14,17H,2-6,11H2,1H3,(H,22,24)/t14-/m0/s1. The number of esters is 1. The van der Waals surface area contributed by atoms with Crippen LogP contribution >= 0.6 is 0 Å². The zero-order chi connectivity index (χ0) is 18.4. The summed E-state index contributed by atoms with van der Waals surface area (Å²) in [7, 11) is 0. The first-order chi connectivity index (χ1) is 12.6. The zero-order valence-corrected chi connectivity index (χ0v) is 14.9. The number of benzene rings is 1. The van der Waals surface area contributed by atoms with Gasteiger partial charge in [0.15, 0.2) is 6.10 Å². The van der Waals surface area contributed by atoms with Crippen LogP contribution in [0.25, 0.3) is 0 Å². The quantitative estimate of drug-likeness (QED) is 0.803. The third-order valence-corrected chi connectivity index (χ3v) is 4.61. The largest absolute Gasteiger partial charge is 0.449 e. The fraction of sp³-hybridized carbons (Fsp3) is 0.474. The van der Waals surface area contributed by atoms with E-state index in [2.05, 4.69) is 15.4 Å². The van der Waals surface area contributed by atoms with Crippen LogP contribution in [0.3, 0.4) is 0 Å². The fourth-order valence-electron chi connectivity index (χ4n) is 3.10. The number of ether oxygens (including phenoxy) is 1. The first kappa shape index (κ1) is 18.1. The van der Waals surface area contributed by atoms with E-state index in [9.17, 15) is 9.59 Å². The molecule has 1 fully saturated rings. The lowest BCUT2D eigenvalue weighted by Gasteiger charge is -2.24. The Morgan fingerprint density at radius 2 is 1.96 bits per heavy atom. The van der Waals surface area contributed by atoms with Crippen LogP contribution in [0.4, 0.5) is 0 Å². The van der Waals surface area contributed by atoms with Crippen molar-refractivity contribution in [3.8, 4) is 0 Å². The van der Waals surface area contributed by atoms with E-state index in [0.29, 0.717) is 12.1 Å². The molecule has 1 N–H and O–H groups in total. The molecule has 0 bridgehead atoms. The van der Waals surface area contributed by atoms with Gasteiger partial charge in [0.2, 0.25) is 0 Å². The molecule has 1 aliphatic carbocycles. The van der Waals surface area contributed by atoms with Gasteiger partial charge in [0.25, 0.3) is 5.91 Å². The summed E-state index contributed by atoms with van der Waals surface area (Å²) < 4.78 is 7.01. The predicted molar refractivity (Wildman–Crippen MR) is 95.5 cm³/mol. The molecule has 26 heavy (non-hydrogen) atoms. The number of nitrogens with one attached hydrogen (secondary N) is 1. The van der Waals surface area contributed by atoms with E-state index in [1.165, 1.54) is 12.7 Å². The molecule has 1 saturated carbocycles. The molecule has 1 heterocycles. The van der Waals surface area contributed by atoms with Crippen LogP contribution in [0.2, 0.25) is 0 Å². The van der Waals surface area contributed by atoms with Crippen LogP contribution in [0.1, 0.15) is 54.9 Å². The molecule has 0 unspecified atom stereocenters. The number of aromatic nitrogens is 3. The Morgan fingerprint density at radius 1 is 1.23 bits per heavy atom. The van der Waals surface area contributed by atoms with Crippen molar-refractivity contribution in [2.45, 2.75) is 57.7 Å². The Hall–Kier alpha value is -2.70. The van der Waals surface area contributed by atoms with Crippen LogP contribution in [-0.2, 0) is 16.1 Å². The molecule has 138 valence electrons. The van der Waals surface area contributed by atoms with E-state index in [4.69, 9.17) is 4.74 Å². The second-order valence-electron chi connectivity index (χ2n) is 6.68. The highest BCUT2D eigenvalue weighted by atomic mass is 16.5. The summed E-state index contributed by atoms with van der Waals surface area (Å²) in [5.41, 5.74) is 1.42. The van der Waals surface area contributed by atoms with Crippen LogP contribution in [0.15, 0.2) is 36.9 Å². The van der Waals surface area contributed by atoms with Gasteiger partial charge in [0.1, 0.15) is 12.7 Å². The Labute approximate surface area is 152 Å². The maximum Gasteiger partial charge on any atom is 0.338 e. The lowest BCUT2D eigenvalue weighted by Crippen LogP contribution is -2.42. The van der Waals surface area contributed by atoms with Gasteiger partial charge in [-0.15, -0.1) is 0 Å². The Morgan fingerprint density at radius 3 is 2.62 bits per heavy atom. The smallest absolute Gasteiger partial charge is 0.338 e. The summed E-state index contributed by atoms with van der Waals surface area (Å²) in [4.78, 5) is 28.4. The maximum absolute atomic E-state index is 12.3. The van der Waals surface area contributed by atoms with Crippen LogP contribution < -0.4 is 5.32 Å². The molecular weight excluding hydrogens is 332 g/mol. The van der Waals surface area contributed by atoms with Gasteiger partial charge < -0.3 is 10.1 Å². The zero-order valence-electron chi connectivity index (χ0n) is 14.9. The number of nitrogens with zero attached hydrogens (tertiary/aromatic N) is 3. The molecule has 0 spiro atoms. The predicted octanol–water partition coefficient (Wildman–Crippen LogP) is 2.32. The van der Waals surface area contributed by atoms with Crippen molar-refractivity contribution in [3.63, 3.8) is 0 Å². The third-order valence-electron chi connectivity index (χ3n) is 4.61. The molecule has 7 nitrogen and oxygen atoms in total. The first-order valence-electron chi connectivity index (χ1n) is 9.04.